The van der Waals surface area contributed by atoms with Gasteiger partial charge in [-0.2, -0.15) is 0 Å². The van der Waals surface area contributed by atoms with Gasteiger partial charge in [-0.1, -0.05) is 43.3 Å². The molecule has 0 radical (unpaired) electrons. The van der Waals surface area contributed by atoms with Gasteiger partial charge in [-0.05, 0) is 31.5 Å². The molecule has 0 spiro atoms. The molecule has 0 aliphatic carbocycles. The molecule has 1 atom stereocenters. The van der Waals surface area contributed by atoms with Gasteiger partial charge in [-0.3, -0.25) is 9.59 Å². The van der Waals surface area contributed by atoms with Gasteiger partial charge in [0.1, 0.15) is 28.7 Å². The summed E-state index contributed by atoms with van der Waals surface area (Å²) >= 11 is 1.51. The number of hydrogen-bond donors (Lipinski definition) is 3. The molecule has 164 valence electrons. The summed E-state index contributed by atoms with van der Waals surface area (Å²) in [7, 11) is 0. The van der Waals surface area contributed by atoms with Crippen LogP contribution in [0, 0.1) is 0 Å². The Balaban J connectivity index is 1.74. The highest BCUT2D eigenvalue weighted by Crippen LogP contribution is 2.37. The van der Waals surface area contributed by atoms with Crippen molar-refractivity contribution in [3.8, 4) is 11.5 Å². The van der Waals surface area contributed by atoms with Crippen LogP contribution in [0.4, 0.5) is 0 Å². The fraction of sp³-hybridized carbons (Fsp3) is 0.208. The Hall–Kier alpha value is -3.65. The van der Waals surface area contributed by atoms with Gasteiger partial charge in [0.2, 0.25) is 5.91 Å². The smallest absolute Gasteiger partial charge is 0.256 e. The number of nitrogens with zero attached hydrogens (tertiary/aromatic N) is 1. The molecule has 2 amide bonds. The molecule has 0 aliphatic rings. The van der Waals surface area contributed by atoms with E-state index in [1.165, 1.54) is 17.4 Å². The zero-order chi connectivity index (χ0) is 22.9. The normalized spacial score (nSPS) is 13.1. The number of aromatic nitrogens is 1. The molecule has 7 nitrogen and oxygen atoms in total. The number of fused-ring (bicyclic) bond motifs is 2. The van der Waals surface area contributed by atoms with Gasteiger partial charge < -0.3 is 20.9 Å². The second-order valence-electron chi connectivity index (χ2n) is 7.69. The van der Waals surface area contributed by atoms with Gasteiger partial charge in [0.15, 0.2) is 0 Å². The number of aromatic hydroxyl groups is 1. The molecule has 4 aromatic rings. The Labute approximate surface area is 188 Å². The number of carbonyl (C=O) groups is 2. The molecule has 0 aliphatic heterocycles. The first kappa shape index (κ1) is 21.6. The van der Waals surface area contributed by atoms with E-state index in [0.29, 0.717) is 22.9 Å². The van der Waals surface area contributed by atoms with Gasteiger partial charge in [-0.25, -0.2) is 4.98 Å². The first-order chi connectivity index (χ1) is 15.3. The van der Waals surface area contributed by atoms with E-state index in [-0.39, 0.29) is 17.9 Å². The van der Waals surface area contributed by atoms with Gasteiger partial charge in [-0.15, -0.1) is 11.3 Å². The monoisotopic (exact) mass is 449 g/mol. The molecule has 0 saturated heterocycles. The largest absolute Gasteiger partial charge is 0.507 e. The van der Waals surface area contributed by atoms with Crippen molar-refractivity contribution >= 4 is 44.1 Å². The second kappa shape index (κ2) is 8.47. The van der Waals surface area contributed by atoms with Gasteiger partial charge in [0.25, 0.3) is 5.91 Å². The Bertz CT molecular complexity index is 1300. The van der Waals surface area contributed by atoms with E-state index in [2.05, 4.69) is 10.3 Å². The first-order valence-corrected chi connectivity index (χ1v) is 11.0. The van der Waals surface area contributed by atoms with Crippen LogP contribution in [-0.2, 0) is 11.4 Å². The third kappa shape index (κ3) is 3.97. The minimum absolute atomic E-state index is 0.0598. The summed E-state index contributed by atoms with van der Waals surface area (Å²) in [5.41, 5.74) is 5.26. The maximum Gasteiger partial charge on any atom is 0.256 e. The van der Waals surface area contributed by atoms with Crippen LogP contribution in [-0.4, -0.2) is 27.4 Å². The van der Waals surface area contributed by atoms with Crippen molar-refractivity contribution in [1.29, 1.82) is 0 Å². The van der Waals surface area contributed by atoms with Gasteiger partial charge in [0.05, 0.1) is 15.8 Å². The number of para-hydroxylation sites is 1. The lowest BCUT2D eigenvalue weighted by molar-refractivity contribution is -0.123. The minimum atomic E-state index is -1.23. The summed E-state index contributed by atoms with van der Waals surface area (Å²) in [6.07, 6.45) is 0.315. The summed E-state index contributed by atoms with van der Waals surface area (Å²) in [5, 5.41) is 15.1. The molecule has 1 aromatic heterocycles. The molecule has 1 heterocycles. The van der Waals surface area contributed by atoms with E-state index in [1.54, 1.807) is 38.1 Å². The summed E-state index contributed by atoms with van der Waals surface area (Å²) in [5.74, 6) is -0.961. The molecule has 4 rings (SSSR count). The topological polar surface area (TPSA) is 115 Å². The van der Waals surface area contributed by atoms with E-state index in [9.17, 15) is 14.7 Å². The number of phenols is 1. The lowest BCUT2D eigenvalue weighted by atomic mass is 9.96. The second-order valence-corrected chi connectivity index (χ2v) is 8.80. The summed E-state index contributed by atoms with van der Waals surface area (Å²) < 4.78 is 7.15. The third-order valence-electron chi connectivity index (χ3n) is 5.54. The quantitative estimate of drug-likeness (QED) is 0.393. The Morgan fingerprint density at radius 2 is 1.84 bits per heavy atom. The summed E-state index contributed by atoms with van der Waals surface area (Å²) in [6, 6.07) is 16.2. The number of primary amides is 1. The van der Waals surface area contributed by atoms with E-state index >= 15 is 0 Å². The van der Waals surface area contributed by atoms with Crippen LogP contribution < -0.4 is 15.8 Å². The first-order valence-electron chi connectivity index (χ1n) is 10.2. The molecule has 3 aromatic carbocycles. The van der Waals surface area contributed by atoms with E-state index in [0.717, 1.165) is 15.2 Å². The highest BCUT2D eigenvalue weighted by Gasteiger charge is 2.32. The van der Waals surface area contributed by atoms with Crippen molar-refractivity contribution in [2.24, 2.45) is 5.73 Å². The van der Waals surface area contributed by atoms with Crippen LogP contribution in [0.15, 0.2) is 54.6 Å². The number of nitrogens with two attached hydrogens (primary N) is 1. The number of amides is 2. The van der Waals surface area contributed by atoms with Crippen molar-refractivity contribution in [1.82, 2.24) is 10.3 Å². The number of ether oxygens (including phenoxy) is 1. The minimum Gasteiger partial charge on any atom is -0.507 e. The maximum atomic E-state index is 13.2. The Morgan fingerprint density at radius 1 is 1.16 bits per heavy atom. The highest BCUT2D eigenvalue weighted by atomic mass is 32.1. The highest BCUT2D eigenvalue weighted by molar-refractivity contribution is 7.18. The van der Waals surface area contributed by atoms with Crippen LogP contribution in [0.2, 0.25) is 0 Å². The van der Waals surface area contributed by atoms with Crippen LogP contribution in [0.1, 0.15) is 35.6 Å². The fourth-order valence-electron chi connectivity index (χ4n) is 3.41. The third-order valence-corrected chi connectivity index (χ3v) is 6.55. The van der Waals surface area contributed by atoms with Crippen LogP contribution >= 0.6 is 11.3 Å². The molecule has 4 N–H and O–H groups in total. The number of thiazole rings is 1. The van der Waals surface area contributed by atoms with Crippen molar-refractivity contribution in [3.63, 3.8) is 0 Å². The van der Waals surface area contributed by atoms with Crippen LogP contribution in [0.25, 0.3) is 21.0 Å². The van der Waals surface area contributed by atoms with Crippen molar-refractivity contribution in [2.45, 2.75) is 32.4 Å². The molecular weight excluding hydrogens is 426 g/mol. The van der Waals surface area contributed by atoms with E-state index < -0.39 is 17.4 Å². The van der Waals surface area contributed by atoms with Gasteiger partial charge >= 0.3 is 0 Å². The molecule has 8 heteroatoms. The molecule has 0 saturated carbocycles. The number of benzene rings is 3. The molecule has 0 bridgehead atoms. The predicted octanol–water partition coefficient (Wildman–Crippen LogP) is 4.12. The Kier molecular flexibility index (Phi) is 5.71. The molecule has 32 heavy (non-hydrogen) atoms. The van der Waals surface area contributed by atoms with Crippen LogP contribution in [0.3, 0.4) is 0 Å². The zero-order valence-electron chi connectivity index (χ0n) is 17.7. The number of nitrogens with one attached hydrogen (secondary N) is 1. The zero-order valence-corrected chi connectivity index (χ0v) is 18.5. The standard InChI is InChI=1S/C24H23N3O4S/c1-3-24(2,23(25)30)27-22(29)16-12-18(28)14-8-4-5-9-15(14)21(16)31-13-20-26-17-10-6-7-11-19(17)32-20/h4-12,28H,3,13H2,1-2H3,(H2,25,30)(H,27,29)/t24-/m1/s1. The molecule has 0 fully saturated rings. The predicted molar refractivity (Wildman–Crippen MR) is 125 cm³/mol. The van der Waals surface area contributed by atoms with Crippen molar-refractivity contribution in [2.75, 3.05) is 0 Å². The number of rotatable bonds is 7. The van der Waals surface area contributed by atoms with Crippen molar-refractivity contribution in [3.05, 3.63) is 65.2 Å². The van der Waals surface area contributed by atoms with Crippen LogP contribution in [0.5, 0.6) is 11.5 Å². The average molecular weight is 450 g/mol. The number of carbonyl (C=O) groups excluding carboxylic acids is 2. The fourth-order valence-corrected chi connectivity index (χ4v) is 4.29. The molecular formula is C24H23N3O4S. The van der Waals surface area contributed by atoms with E-state index in [1.807, 2.05) is 24.3 Å². The maximum absolute atomic E-state index is 13.2. The molecule has 0 unspecified atom stereocenters. The number of phenolic OH excluding ortho intramolecular Hbond substituents is 1. The summed E-state index contributed by atoms with van der Waals surface area (Å²) in [4.78, 5) is 29.6. The number of hydrogen-bond acceptors (Lipinski definition) is 6. The SMILES string of the molecule is CC[C@@](C)(NC(=O)c1cc(O)c2ccccc2c1OCc1nc2ccccc2s1)C(N)=O. The van der Waals surface area contributed by atoms with Crippen molar-refractivity contribution < 1.29 is 19.4 Å². The van der Waals surface area contributed by atoms with Gasteiger partial charge in [0, 0.05) is 10.8 Å². The lowest BCUT2D eigenvalue weighted by Crippen LogP contribution is -2.54. The average Bonchev–Trinajstić information content (AvgIpc) is 3.21. The summed E-state index contributed by atoms with van der Waals surface area (Å²) in [6.45, 7) is 3.47. The Morgan fingerprint density at radius 3 is 2.53 bits per heavy atom. The lowest BCUT2D eigenvalue weighted by Gasteiger charge is -2.26. The van der Waals surface area contributed by atoms with E-state index in [4.69, 9.17) is 10.5 Å².